The van der Waals surface area contributed by atoms with Crippen LogP contribution in [-0.2, 0) is 0 Å². The fraction of sp³-hybridized carbons (Fsp3) is 0.500. The van der Waals surface area contributed by atoms with Gasteiger partial charge in [0, 0.05) is 12.2 Å². The minimum Gasteiger partial charge on any atom is -0.329 e. The van der Waals surface area contributed by atoms with Crippen LogP contribution in [0.2, 0.25) is 0 Å². The average Bonchev–Trinajstić information content (AvgIpc) is 3.02. The smallest absolute Gasteiger partial charge is 0.179 e. The molecule has 4 heteroatoms. The van der Waals surface area contributed by atoms with Crippen molar-refractivity contribution in [2.45, 2.75) is 32.7 Å². The number of pyridine rings is 1. The second kappa shape index (κ2) is 3.42. The third-order valence-corrected chi connectivity index (χ3v) is 3.83. The summed E-state index contributed by atoms with van der Waals surface area (Å²) in [5.41, 5.74) is 3.29. The number of H-pyrrole nitrogens is 1. The summed E-state index contributed by atoms with van der Waals surface area (Å²) in [5.74, 6) is 0.785. The van der Waals surface area contributed by atoms with Crippen LogP contribution in [0.5, 0.6) is 0 Å². The van der Waals surface area contributed by atoms with Crippen LogP contribution in [0, 0.1) is 17.6 Å². The van der Waals surface area contributed by atoms with Crippen LogP contribution in [0.3, 0.4) is 0 Å². The summed E-state index contributed by atoms with van der Waals surface area (Å²) in [6, 6.07) is 2.48. The van der Waals surface area contributed by atoms with Crippen molar-refractivity contribution in [1.29, 1.82) is 0 Å². The molecule has 1 fully saturated rings. The highest BCUT2D eigenvalue weighted by molar-refractivity contribution is 7.71. The Bertz CT molecular complexity index is 592. The minimum atomic E-state index is 0.468. The molecule has 3 rings (SSSR count). The summed E-state index contributed by atoms with van der Waals surface area (Å²) >= 11 is 5.40. The molecule has 0 aliphatic heterocycles. The predicted molar refractivity (Wildman–Crippen MR) is 67.1 cm³/mol. The maximum absolute atomic E-state index is 5.40. The van der Waals surface area contributed by atoms with Gasteiger partial charge in [-0.15, -0.1) is 0 Å². The number of hydrogen-bond acceptors (Lipinski definition) is 2. The van der Waals surface area contributed by atoms with E-state index in [0.29, 0.717) is 6.04 Å². The lowest BCUT2D eigenvalue weighted by atomic mass is 10.2. The van der Waals surface area contributed by atoms with Crippen LogP contribution in [0.15, 0.2) is 12.3 Å². The van der Waals surface area contributed by atoms with Gasteiger partial charge in [0.05, 0.1) is 5.52 Å². The zero-order chi connectivity index (χ0) is 11.3. The van der Waals surface area contributed by atoms with E-state index >= 15 is 0 Å². The molecule has 84 valence electrons. The van der Waals surface area contributed by atoms with Crippen molar-refractivity contribution >= 4 is 23.4 Å². The molecule has 0 aromatic carbocycles. The number of nitrogens with one attached hydrogen (secondary N) is 1. The molecule has 0 amide bonds. The zero-order valence-electron chi connectivity index (χ0n) is 9.53. The maximum atomic E-state index is 5.40. The van der Waals surface area contributed by atoms with E-state index in [1.54, 1.807) is 0 Å². The first-order chi connectivity index (χ1) is 7.68. The average molecular weight is 233 g/mol. The van der Waals surface area contributed by atoms with Gasteiger partial charge in [0.1, 0.15) is 0 Å². The molecule has 1 saturated carbocycles. The molecule has 2 heterocycles. The lowest BCUT2D eigenvalue weighted by Gasteiger charge is -2.12. The fourth-order valence-electron chi connectivity index (χ4n) is 2.31. The van der Waals surface area contributed by atoms with E-state index in [2.05, 4.69) is 28.4 Å². The van der Waals surface area contributed by atoms with Gasteiger partial charge in [-0.05, 0) is 56.5 Å². The van der Waals surface area contributed by atoms with Crippen LogP contribution >= 0.6 is 12.2 Å². The van der Waals surface area contributed by atoms with Gasteiger partial charge in [-0.25, -0.2) is 4.98 Å². The first-order valence-electron chi connectivity index (χ1n) is 5.74. The molecule has 0 radical (unpaired) electrons. The molecular formula is C12H15N3S. The van der Waals surface area contributed by atoms with E-state index in [0.717, 1.165) is 21.9 Å². The number of hydrogen-bond donors (Lipinski definition) is 1. The number of aromatic nitrogens is 3. The number of nitrogens with zero attached hydrogens (tertiary/aromatic N) is 2. The second-order valence-corrected chi connectivity index (χ2v) is 5.09. The first kappa shape index (κ1) is 10.0. The van der Waals surface area contributed by atoms with Gasteiger partial charge in [0.15, 0.2) is 10.4 Å². The Balaban J connectivity index is 2.26. The molecule has 0 saturated heterocycles. The Kier molecular flexibility index (Phi) is 2.14. The van der Waals surface area contributed by atoms with Crippen LogP contribution in [0.4, 0.5) is 0 Å². The topological polar surface area (TPSA) is 33.6 Å². The molecule has 0 bridgehead atoms. The van der Waals surface area contributed by atoms with Crippen molar-refractivity contribution in [2.75, 3.05) is 0 Å². The van der Waals surface area contributed by atoms with Crippen molar-refractivity contribution in [3.8, 4) is 0 Å². The van der Waals surface area contributed by atoms with Gasteiger partial charge in [-0.1, -0.05) is 0 Å². The fourth-order valence-corrected chi connectivity index (χ4v) is 2.67. The number of rotatable bonds is 2. The molecule has 1 N–H and O–H groups in total. The lowest BCUT2D eigenvalue weighted by molar-refractivity contribution is 0.490. The van der Waals surface area contributed by atoms with Crippen molar-refractivity contribution in [1.82, 2.24) is 14.5 Å². The van der Waals surface area contributed by atoms with Gasteiger partial charge in [0.2, 0.25) is 0 Å². The van der Waals surface area contributed by atoms with Gasteiger partial charge >= 0.3 is 0 Å². The highest BCUT2D eigenvalue weighted by Gasteiger charge is 2.30. The summed E-state index contributed by atoms with van der Waals surface area (Å²) < 4.78 is 2.98. The van der Waals surface area contributed by atoms with Gasteiger partial charge < -0.3 is 4.98 Å². The Morgan fingerprint density at radius 3 is 3.00 bits per heavy atom. The van der Waals surface area contributed by atoms with Gasteiger partial charge in [-0.2, -0.15) is 0 Å². The molecule has 1 aliphatic rings. The zero-order valence-corrected chi connectivity index (χ0v) is 10.3. The molecule has 2 aromatic rings. The molecule has 1 aliphatic carbocycles. The summed E-state index contributed by atoms with van der Waals surface area (Å²) in [4.78, 5) is 7.73. The second-order valence-electron chi connectivity index (χ2n) is 4.70. The van der Waals surface area contributed by atoms with Crippen molar-refractivity contribution in [3.05, 3.63) is 22.6 Å². The Morgan fingerprint density at radius 2 is 2.31 bits per heavy atom. The quantitative estimate of drug-likeness (QED) is 0.807. The van der Waals surface area contributed by atoms with E-state index in [9.17, 15) is 0 Å². The number of fused-ring (bicyclic) bond motifs is 1. The third kappa shape index (κ3) is 1.40. The standard InChI is InChI=1S/C12H15N3S/c1-7-5-6-13-11-10(7)14-12(16)15(11)8(2)9-3-4-9/h5-6,8-9H,3-4H2,1-2H3,(H,14,16). The molecule has 1 unspecified atom stereocenters. The number of aromatic amines is 1. The summed E-state index contributed by atoms with van der Waals surface area (Å²) in [6.07, 6.45) is 4.50. The third-order valence-electron chi connectivity index (χ3n) is 3.53. The van der Waals surface area contributed by atoms with Crippen LogP contribution in [-0.4, -0.2) is 14.5 Å². The number of imidazole rings is 1. The van der Waals surface area contributed by atoms with E-state index in [4.69, 9.17) is 12.2 Å². The van der Waals surface area contributed by atoms with Gasteiger partial charge in [-0.3, -0.25) is 4.57 Å². The van der Waals surface area contributed by atoms with Crippen molar-refractivity contribution < 1.29 is 0 Å². The molecule has 0 spiro atoms. The first-order valence-corrected chi connectivity index (χ1v) is 6.15. The van der Waals surface area contributed by atoms with Crippen LogP contribution in [0.25, 0.3) is 11.2 Å². The van der Waals surface area contributed by atoms with E-state index in [1.165, 1.54) is 18.4 Å². The highest BCUT2D eigenvalue weighted by atomic mass is 32.1. The molecular weight excluding hydrogens is 218 g/mol. The maximum Gasteiger partial charge on any atom is 0.179 e. The van der Waals surface area contributed by atoms with E-state index in [1.807, 2.05) is 12.3 Å². The van der Waals surface area contributed by atoms with Crippen molar-refractivity contribution in [2.24, 2.45) is 5.92 Å². The minimum absolute atomic E-state index is 0.468. The van der Waals surface area contributed by atoms with Crippen LogP contribution < -0.4 is 0 Å². The summed E-state index contributed by atoms with van der Waals surface area (Å²) in [7, 11) is 0. The monoisotopic (exact) mass is 233 g/mol. The van der Waals surface area contributed by atoms with Gasteiger partial charge in [0.25, 0.3) is 0 Å². The van der Waals surface area contributed by atoms with Crippen molar-refractivity contribution in [3.63, 3.8) is 0 Å². The normalized spacial score (nSPS) is 17.9. The largest absolute Gasteiger partial charge is 0.329 e. The number of aryl methyl sites for hydroxylation is 1. The SMILES string of the molecule is Cc1ccnc2c1[nH]c(=S)n2C(C)C1CC1. The summed E-state index contributed by atoms with van der Waals surface area (Å²) in [5, 5.41) is 0. The van der Waals surface area contributed by atoms with Crippen LogP contribution in [0.1, 0.15) is 31.4 Å². The lowest BCUT2D eigenvalue weighted by Crippen LogP contribution is -2.07. The highest BCUT2D eigenvalue weighted by Crippen LogP contribution is 2.40. The molecule has 2 aromatic heterocycles. The predicted octanol–water partition coefficient (Wildman–Crippen LogP) is 3.37. The van der Waals surface area contributed by atoms with E-state index in [-0.39, 0.29) is 0 Å². The Hall–Kier alpha value is -1.16. The molecule has 3 nitrogen and oxygen atoms in total. The molecule has 1 atom stereocenters. The Morgan fingerprint density at radius 1 is 1.56 bits per heavy atom. The van der Waals surface area contributed by atoms with E-state index < -0.39 is 0 Å². The Labute approximate surface area is 99.5 Å². The summed E-state index contributed by atoms with van der Waals surface area (Å²) in [6.45, 7) is 4.33. The molecule has 16 heavy (non-hydrogen) atoms.